The quantitative estimate of drug-likeness (QED) is 0.553. The zero-order valence-electron chi connectivity index (χ0n) is 14.1. The molecule has 3 heteroatoms. The molecule has 0 saturated carbocycles. The van der Waals surface area contributed by atoms with Crippen molar-refractivity contribution >= 4 is 6.08 Å². The van der Waals surface area contributed by atoms with Gasteiger partial charge in [-0.3, -0.25) is 0 Å². The number of benzene rings is 1. The number of hydrogen-bond donors (Lipinski definition) is 0. The van der Waals surface area contributed by atoms with Gasteiger partial charge in [-0.2, -0.15) is 0 Å². The lowest BCUT2D eigenvalue weighted by molar-refractivity contribution is 0.320. The molecule has 1 fully saturated rings. The maximum atomic E-state index is 5.80. The fourth-order valence-electron chi connectivity index (χ4n) is 2.67. The van der Waals surface area contributed by atoms with Crippen LogP contribution in [-0.4, -0.2) is 18.3 Å². The lowest BCUT2D eigenvalue weighted by Crippen LogP contribution is -2.03. The molecule has 2 aliphatic heterocycles. The average Bonchev–Trinajstić information content (AvgIpc) is 3.12. The summed E-state index contributed by atoms with van der Waals surface area (Å²) in [6.07, 6.45) is 8.53. The van der Waals surface area contributed by atoms with Crippen molar-refractivity contribution in [2.24, 2.45) is 0 Å². The van der Waals surface area contributed by atoms with E-state index in [4.69, 9.17) is 14.2 Å². The largest absolute Gasteiger partial charge is 0.489 e. The Morgan fingerprint density at radius 2 is 2.13 bits per heavy atom. The molecule has 3 nitrogen and oxygen atoms in total. The van der Waals surface area contributed by atoms with Gasteiger partial charge >= 0.3 is 0 Å². The van der Waals surface area contributed by atoms with E-state index in [-0.39, 0.29) is 5.60 Å². The molecule has 0 radical (unpaired) electrons. The first kappa shape index (κ1) is 15.9. The van der Waals surface area contributed by atoms with Gasteiger partial charge in [0.15, 0.2) is 0 Å². The van der Waals surface area contributed by atoms with E-state index in [9.17, 15) is 0 Å². The first-order valence-electron chi connectivity index (χ1n) is 8.09. The molecule has 1 atom stereocenters. The topological polar surface area (TPSA) is 31.0 Å². The average molecular weight is 312 g/mol. The Morgan fingerprint density at radius 1 is 1.35 bits per heavy atom. The molecule has 1 saturated heterocycles. The maximum Gasteiger partial charge on any atom is 0.138 e. The summed E-state index contributed by atoms with van der Waals surface area (Å²) in [5.41, 5.74) is 2.46. The molecule has 0 aromatic heterocycles. The van der Waals surface area contributed by atoms with Gasteiger partial charge in [-0.15, -0.1) is 0 Å². The van der Waals surface area contributed by atoms with E-state index in [2.05, 4.69) is 33.4 Å². The van der Waals surface area contributed by atoms with Crippen molar-refractivity contribution in [3.05, 3.63) is 53.8 Å². The van der Waals surface area contributed by atoms with Crippen LogP contribution in [-0.2, 0) is 4.74 Å². The fraction of sp³-hybridized carbons (Fsp3) is 0.400. The Labute approximate surface area is 138 Å². The van der Waals surface area contributed by atoms with Gasteiger partial charge in [0.05, 0.1) is 11.7 Å². The van der Waals surface area contributed by atoms with E-state index in [1.165, 1.54) is 5.57 Å². The normalized spacial score (nSPS) is 21.6. The van der Waals surface area contributed by atoms with Gasteiger partial charge in [-0.25, -0.2) is 0 Å². The number of hydrogen-bond acceptors (Lipinski definition) is 3. The van der Waals surface area contributed by atoms with Crippen molar-refractivity contribution in [2.45, 2.75) is 45.3 Å². The third-order valence-electron chi connectivity index (χ3n) is 4.32. The monoisotopic (exact) mass is 312 g/mol. The summed E-state index contributed by atoms with van der Waals surface area (Å²) in [4.78, 5) is 0. The second kappa shape index (κ2) is 6.25. The predicted octanol–water partition coefficient (Wildman–Crippen LogP) is 4.89. The zero-order chi connectivity index (χ0) is 16.4. The van der Waals surface area contributed by atoms with Gasteiger partial charge in [-0.05, 0) is 64.0 Å². The van der Waals surface area contributed by atoms with Crippen LogP contribution in [0, 0.1) is 0 Å². The molecule has 122 valence electrons. The maximum absolute atomic E-state index is 5.80. The van der Waals surface area contributed by atoms with Crippen LogP contribution in [0.1, 0.15) is 39.2 Å². The van der Waals surface area contributed by atoms with Gasteiger partial charge in [0.2, 0.25) is 0 Å². The molecule has 2 aliphatic rings. The first-order chi connectivity index (χ1) is 10.9. The Hall–Kier alpha value is -2.00. The van der Waals surface area contributed by atoms with Gasteiger partial charge in [0, 0.05) is 11.6 Å². The molecule has 1 aromatic rings. The second-order valence-electron chi connectivity index (χ2n) is 6.71. The molecule has 0 amide bonds. The predicted molar refractivity (Wildman–Crippen MR) is 92.7 cm³/mol. The SMILES string of the molecule is C=C1C=Cc2ccc(OC/C=C(\C)CC[C@H]3OC3(C)C)cc2O1. The minimum Gasteiger partial charge on any atom is -0.489 e. The molecule has 0 unspecified atom stereocenters. The smallest absolute Gasteiger partial charge is 0.138 e. The van der Waals surface area contributed by atoms with Crippen LogP contribution >= 0.6 is 0 Å². The highest BCUT2D eigenvalue weighted by atomic mass is 16.6. The van der Waals surface area contributed by atoms with Crippen molar-refractivity contribution in [1.29, 1.82) is 0 Å². The number of rotatable bonds is 6. The fourth-order valence-corrected chi connectivity index (χ4v) is 2.67. The van der Waals surface area contributed by atoms with Crippen molar-refractivity contribution in [2.75, 3.05) is 6.61 Å². The highest BCUT2D eigenvalue weighted by Gasteiger charge is 2.46. The van der Waals surface area contributed by atoms with E-state index in [1.54, 1.807) is 0 Å². The summed E-state index contributed by atoms with van der Waals surface area (Å²) in [7, 11) is 0. The standard InChI is InChI=1S/C20H24O3/c1-14(5-10-19-20(3,4)23-19)11-12-21-17-9-8-16-7-6-15(2)22-18(16)13-17/h6-9,11,13,19H,2,5,10,12H2,1,3-4H3/b14-11+/t19-/m1/s1. The van der Waals surface area contributed by atoms with Crippen LogP contribution in [0.2, 0.25) is 0 Å². The van der Waals surface area contributed by atoms with Gasteiger partial charge in [-0.1, -0.05) is 12.2 Å². The van der Waals surface area contributed by atoms with Gasteiger partial charge in [0.25, 0.3) is 0 Å². The lowest BCUT2D eigenvalue weighted by atomic mass is 10.0. The number of epoxide rings is 1. The van der Waals surface area contributed by atoms with Crippen molar-refractivity contribution < 1.29 is 14.2 Å². The number of allylic oxidation sites excluding steroid dienone is 2. The number of fused-ring (bicyclic) bond motifs is 1. The molecule has 0 aliphatic carbocycles. The van der Waals surface area contributed by atoms with E-state index in [0.29, 0.717) is 18.5 Å². The van der Waals surface area contributed by atoms with Crippen LogP contribution in [0.15, 0.2) is 48.3 Å². The van der Waals surface area contributed by atoms with Gasteiger partial charge in [0.1, 0.15) is 23.9 Å². The minimum absolute atomic E-state index is 0.0817. The van der Waals surface area contributed by atoms with Crippen LogP contribution in [0.3, 0.4) is 0 Å². The molecular formula is C20H24O3. The molecular weight excluding hydrogens is 288 g/mol. The van der Waals surface area contributed by atoms with E-state index < -0.39 is 0 Å². The summed E-state index contributed by atoms with van der Waals surface area (Å²) in [6, 6.07) is 5.87. The molecule has 2 heterocycles. The third kappa shape index (κ3) is 4.05. The Morgan fingerprint density at radius 3 is 2.87 bits per heavy atom. The van der Waals surface area contributed by atoms with E-state index in [0.717, 1.165) is 29.9 Å². The molecule has 0 spiro atoms. The summed E-state index contributed by atoms with van der Waals surface area (Å²) in [6.45, 7) is 10.8. The summed E-state index contributed by atoms with van der Waals surface area (Å²) >= 11 is 0. The third-order valence-corrected chi connectivity index (χ3v) is 4.32. The van der Waals surface area contributed by atoms with Crippen LogP contribution in [0.5, 0.6) is 11.5 Å². The first-order valence-corrected chi connectivity index (χ1v) is 8.09. The van der Waals surface area contributed by atoms with E-state index in [1.807, 2.05) is 30.4 Å². The Bertz CT molecular complexity index is 667. The van der Waals surface area contributed by atoms with E-state index >= 15 is 0 Å². The molecule has 1 aromatic carbocycles. The molecule has 0 bridgehead atoms. The van der Waals surface area contributed by atoms with Crippen LogP contribution in [0.4, 0.5) is 0 Å². The Balaban J connectivity index is 1.48. The van der Waals surface area contributed by atoms with Crippen molar-refractivity contribution in [3.8, 4) is 11.5 Å². The second-order valence-corrected chi connectivity index (χ2v) is 6.71. The van der Waals surface area contributed by atoms with Crippen LogP contribution in [0.25, 0.3) is 6.08 Å². The zero-order valence-corrected chi connectivity index (χ0v) is 14.1. The Kier molecular flexibility index (Phi) is 4.31. The molecule has 0 N–H and O–H groups in total. The van der Waals surface area contributed by atoms with Crippen LogP contribution < -0.4 is 9.47 Å². The van der Waals surface area contributed by atoms with Crippen molar-refractivity contribution in [1.82, 2.24) is 0 Å². The summed E-state index contributed by atoms with van der Waals surface area (Å²) < 4.78 is 17.0. The molecule has 23 heavy (non-hydrogen) atoms. The summed E-state index contributed by atoms with van der Waals surface area (Å²) in [5.74, 6) is 2.25. The highest BCUT2D eigenvalue weighted by molar-refractivity contribution is 5.63. The number of ether oxygens (including phenoxy) is 3. The highest BCUT2D eigenvalue weighted by Crippen LogP contribution is 2.38. The molecule has 3 rings (SSSR count). The van der Waals surface area contributed by atoms with Crippen molar-refractivity contribution in [3.63, 3.8) is 0 Å². The minimum atomic E-state index is 0.0817. The summed E-state index contributed by atoms with van der Waals surface area (Å²) in [5, 5.41) is 0. The lowest BCUT2D eigenvalue weighted by Gasteiger charge is -2.15. The van der Waals surface area contributed by atoms with Gasteiger partial charge < -0.3 is 14.2 Å².